The number of rotatable bonds is 0. The van der Waals surface area contributed by atoms with E-state index in [0.29, 0.717) is 11.1 Å². The first-order chi connectivity index (χ1) is 6.70. The molecule has 70 valence electrons. The molecule has 3 rings (SSSR count). The predicted molar refractivity (Wildman–Crippen MR) is 48.5 cm³/mol. The maximum Gasteiger partial charge on any atom is 0.195 e. The number of aryl methyl sites for hydroxylation is 1. The number of carbonyl (C=O) groups is 2. The number of hydrogen-bond donors (Lipinski definition) is 0. The van der Waals surface area contributed by atoms with Crippen molar-refractivity contribution in [1.82, 2.24) is 0 Å². The van der Waals surface area contributed by atoms with Gasteiger partial charge in [-0.25, -0.2) is 0 Å². The highest BCUT2D eigenvalue weighted by atomic mass is 16.6. The van der Waals surface area contributed by atoms with Crippen molar-refractivity contribution in [2.24, 2.45) is 0 Å². The van der Waals surface area contributed by atoms with Crippen LogP contribution in [0.4, 0.5) is 0 Å². The van der Waals surface area contributed by atoms with Crippen molar-refractivity contribution in [3.63, 3.8) is 0 Å². The highest BCUT2D eigenvalue weighted by molar-refractivity contribution is 6.21. The van der Waals surface area contributed by atoms with Gasteiger partial charge in [-0.1, -0.05) is 18.2 Å². The van der Waals surface area contributed by atoms with E-state index in [-0.39, 0.29) is 11.6 Å². The lowest BCUT2D eigenvalue weighted by Gasteiger charge is -2.11. The number of ketones is 2. The van der Waals surface area contributed by atoms with E-state index in [0.717, 1.165) is 5.56 Å². The van der Waals surface area contributed by atoms with E-state index in [4.69, 9.17) is 4.74 Å². The third-order valence-electron chi connectivity index (χ3n) is 2.79. The molecule has 0 amide bonds. The zero-order valence-corrected chi connectivity index (χ0v) is 7.61. The van der Waals surface area contributed by atoms with Crippen LogP contribution in [0.5, 0.6) is 0 Å². The standard InChI is InChI=1S/C11H8O3/c1-5-3-2-4-6-7(5)9(13)11-10(14-11)8(6)12/h2-4,10-11H,1H3. The van der Waals surface area contributed by atoms with Gasteiger partial charge in [-0.3, -0.25) is 9.59 Å². The monoisotopic (exact) mass is 188 g/mol. The average Bonchev–Trinajstić information content (AvgIpc) is 2.93. The van der Waals surface area contributed by atoms with Gasteiger partial charge in [0.25, 0.3) is 0 Å². The van der Waals surface area contributed by atoms with Crippen molar-refractivity contribution in [3.8, 4) is 0 Å². The molecule has 1 aromatic carbocycles. The second kappa shape index (κ2) is 2.30. The number of fused-ring (bicyclic) bond motifs is 2. The first-order valence-electron chi connectivity index (χ1n) is 4.53. The molecule has 0 bridgehead atoms. The number of carbonyl (C=O) groups excluding carboxylic acids is 2. The minimum absolute atomic E-state index is 0.0392. The van der Waals surface area contributed by atoms with Crippen LogP contribution in [0.1, 0.15) is 26.3 Å². The first-order valence-corrected chi connectivity index (χ1v) is 4.53. The van der Waals surface area contributed by atoms with Gasteiger partial charge in [-0.05, 0) is 12.5 Å². The lowest BCUT2D eigenvalue weighted by molar-refractivity contribution is 0.0921. The van der Waals surface area contributed by atoms with Crippen LogP contribution in [0.2, 0.25) is 0 Å². The third kappa shape index (κ3) is 0.800. The van der Waals surface area contributed by atoms with Crippen LogP contribution in [0.15, 0.2) is 18.2 Å². The largest absolute Gasteiger partial charge is 0.352 e. The summed E-state index contributed by atoms with van der Waals surface area (Å²) in [5, 5.41) is 0. The molecule has 3 heteroatoms. The molecule has 0 N–H and O–H groups in total. The summed E-state index contributed by atoms with van der Waals surface area (Å²) in [6, 6.07) is 5.33. The fourth-order valence-electron chi connectivity index (χ4n) is 2.01. The molecule has 0 saturated carbocycles. The van der Waals surface area contributed by atoms with Crippen LogP contribution in [0.25, 0.3) is 0 Å². The van der Waals surface area contributed by atoms with Gasteiger partial charge in [-0.15, -0.1) is 0 Å². The zero-order chi connectivity index (χ0) is 9.87. The molecular weight excluding hydrogens is 180 g/mol. The van der Waals surface area contributed by atoms with Crippen molar-refractivity contribution >= 4 is 11.6 Å². The van der Waals surface area contributed by atoms with E-state index in [1.165, 1.54) is 0 Å². The van der Waals surface area contributed by atoms with Crippen LogP contribution in [0.3, 0.4) is 0 Å². The smallest absolute Gasteiger partial charge is 0.195 e. The highest BCUT2D eigenvalue weighted by Crippen LogP contribution is 2.36. The molecule has 0 radical (unpaired) electrons. The van der Waals surface area contributed by atoms with Gasteiger partial charge in [-0.2, -0.15) is 0 Å². The summed E-state index contributed by atoms with van der Waals surface area (Å²) in [5.74, 6) is -0.0870. The Labute approximate surface area is 80.7 Å². The van der Waals surface area contributed by atoms with Crippen molar-refractivity contribution < 1.29 is 14.3 Å². The molecule has 1 aliphatic heterocycles. The van der Waals surface area contributed by atoms with E-state index in [9.17, 15) is 9.59 Å². The van der Waals surface area contributed by atoms with Gasteiger partial charge in [0.15, 0.2) is 23.8 Å². The maximum atomic E-state index is 11.7. The molecule has 1 aliphatic carbocycles. The molecule has 2 unspecified atom stereocenters. The molecule has 14 heavy (non-hydrogen) atoms. The SMILES string of the molecule is Cc1cccc2c1C(=O)C1OC1C2=O. The molecule has 0 spiro atoms. The molecule has 1 heterocycles. The van der Waals surface area contributed by atoms with Crippen LogP contribution in [0, 0.1) is 6.92 Å². The normalized spacial score (nSPS) is 28.4. The Morgan fingerprint density at radius 1 is 1.14 bits per heavy atom. The quantitative estimate of drug-likeness (QED) is 0.573. The predicted octanol–water partition coefficient (Wildman–Crippen LogP) is 1.14. The summed E-state index contributed by atoms with van der Waals surface area (Å²) >= 11 is 0. The zero-order valence-electron chi connectivity index (χ0n) is 7.61. The van der Waals surface area contributed by atoms with E-state index in [1.807, 2.05) is 13.0 Å². The Hall–Kier alpha value is -1.48. The second-order valence-corrected chi connectivity index (χ2v) is 3.70. The molecule has 2 aliphatic rings. The third-order valence-corrected chi connectivity index (χ3v) is 2.79. The second-order valence-electron chi connectivity index (χ2n) is 3.70. The Bertz CT molecular complexity index is 462. The van der Waals surface area contributed by atoms with Crippen LogP contribution >= 0.6 is 0 Å². The summed E-state index contributed by atoms with van der Waals surface area (Å²) in [4.78, 5) is 23.4. The molecule has 0 aromatic heterocycles. The van der Waals surface area contributed by atoms with Crippen molar-refractivity contribution in [1.29, 1.82) is 0 Å². The Balaban J connectivity index is 2.30. The average molecular weight is 188 g/mol. The first kappa shape index (κ1) is 7.88. The highest BCUT2D eigenvalue weighted by Gasteiger charge is 2.55. The number of hydrogen-bond acceptors (Lipinski definition) is 3. The van der Waals surface area contributed by atoms with E-state index >= 15 is 0 Å². The molecule has 3 nitrogen and oxygen atoms in total. The van der Waals surface area contributed by atoms with E-state index in [1.54, 1.807) is 12.1 Å². The fraction of sp³-hybridized carbons (Fsp3) is 0.273. The molecule has 1 aromatic rings. The van der Waals surface area contributed by atoms with Gasteiger partial charge in [0.1, 0.15) is 0 Å². The Morgan fingerprint density at radius 3 is 2.64 bits per heavy atom. The number of Topliss-reactive ketones (excluding diaryl/α,β-unsaturated/α-hetero) is 2. The summed E-state index contributed by atoms with van der Waals surface area (Å²) in [5.41, 5.74) is 1.93. The molecule has 2 atom stereocenters. The maximum absolute atomic E-state index is 11.7. The summed E-state index contributed by atoms with van der Waals surface area (Å²) in [6.07, 6.45) is -0.979. The number of benzene rings is 1. The van der Waals surface area contributed by atoms with E-state index in [2.05, 4.69) is 0 Å². The van der Waals surface area contributed by atoms with Crippen LogP contribution in [-0.4, -0.2) is 23.8 Å². The summed E-state index contributed by atoms with van der Waals surface area (Å²) < 4.78 is 5.04. The number of ether oxygens (including phenoxy) is 1. The van der Waals surface area contributed by atoms with Gasteiger partial charge in [0, 0.05) is 11.1 Å². The van der Waals surface area contributed by atoms with Crippen molar-refractivity contribution in [2.75, 3.05) is 0 Å². The fourth-order valence-corrected chi connectivity index (χ4v) is 2.01. The van der Waals surface area contributed by atoms with Gasteiger partial charge in [0.2, 0.25) is 0 Å². The minimum atomic E-state index is -0.490. The van der Waals surface area contributed by atoms with Gasteiger partial charge >= 0.3 is 0 Å². The molecule has 1 saturated heterocycles. The van der Waals surface area contributed by atoms with Crippen LogP contribution < -0.4 is 0 Å². The van der Waals surface area contributed by atoms with Gasteiger partial charge in [0.05, 0.1) is 0 Å². The number of epoxide rings is 1. The molecular formula is C11H8O3. The Morgan fingerprint density at radius 2 is 1.86 bits per heavy atom. The van der Waals surface area contributed by atoms with Crippen LogP contribution in [-0.2, 0) is 4.74 Å². The molecule has 1 fully saturated rings. The summed E-state index contributed by atoms with van der Waals surface area (Å²) in [7, 11) is 0. The topological polar surface area (TPSA) is 46.7 Å². The Kier molecular flexibility index (Phi) is 1.30. The lowest BCUT2D eigenvalue weighted by Crippen LogP contribution is -2.26. The van der Waals surface area contributed by atoms with Crippen molar-refractivity contribution in [3.05, 3.63) is 34.9 Å². The van der Waals surface area contributed by atoms with E-state index < -0.39 is 12.2 Å². The summed E-state index contributed by atoms with van der Waals surface area (Å²) in [6.45, 7) is 1.84. The lowest BCUT2D eigenvalue weighted by atomic mass is 9.87. The minimum Gasteiger partial charge on any atom is -0.352 e. The van der Waals surface area contributed by atoms with Crippen molar-refractivity contribution in [2.45, 2.75) is 19.1 Å². The van der Waals surface area contributed by atoms with Gasteiger partial charge < -0.3 is 4.74 Å².